The van der Waals surface area contributed by atoms with Crippen LogP contribution in [0.4, 0.5) is 0 Å². The van der Waals surface area contributed by atoms with Crippen LogP contribution in [0, 0.1) is 11.8 Å². The molecule has 2 atom stereocenters. The van der Waals surface area contributed by atoms with Gasteiger partial charge in [0.2, 0.25) is 0 Å². The number of carbonyl (C=O) groups excluding carboxylic acids is 2. The minimum absolute atomic E-state index is 0.0849. The molecule has 0 radical (unpaired) electrons. The van der Waals surface area contributed by atoms with Gasteiger partial charge in [-0.1, -0.05) is 26.0 Å². The van der Waals surface area contributed by atoms with Crippen molar-refractivity contribution in [3.8, 4) is 16.9 Å². The molecule has 1 aromatic heterocycles. The van der Waals surface area contributed by atoms with Gasteiger partial charge in [-0.25, -0.2) is 14.5 Å². The lowest BCUT2D eigenvalue weighted by Crippen LogP contribution is -2.60. The molecule has 2 saturated heterocycles. The third kappa shape index (κ3) is 4.03. The van der Waals surface area contributed by atoms with E-state index in [9.17, 15) is 9.59 Å². The van der Waals surface area contributed by atoms with E-state index in [1.54, 1.807) is 12.4 Å². The van der Waals surface area contributed by atoms with Crippen molar-refractivity contribution in [2.24, 2.45) is 11.8 Å². The predicted octanol–water partition coefficient (Wildman–Crippen LogP) is 3.25. The Kier molecular flexibility index (Phi) is 5.72. The highest BCUT2D eigenvalue weighted by Crippen LogP contribution is 2.41. The number of ether oxygens (including phenoxy) is 3. The number of pyridine rings is 1. The van der Waals surface area contributed by atoms with Gasteiger partial charge in [-0.3, -0.25) is 4.98 Å². The third-order valence-electron chi connectivity index (χ3n) is 5.71. The van der Waals surface area contributed by atoms with Crippen LogP contribution in [0.3, 0.4) is 0 Å². The van der Waals surface area contributed by atoms with Gasteiger partial charge in [0, 0.05) is 25.5 Å². The van der Waals surface area contributed by atoms with Gasteiger partial charge in [-0.05, 0) is 54.2 Å². The molecule has 0 amide bonds. The van der Waals surface area contributed by atoms with Crippen molar-refractivity contribution in [2.45, 2.75) is 32.6 Å². The highest BCUT2D eigenvalue weighted by Gasteiger charge is 2.58. The summed E-state index contributed by atoms with van der Waals surface area (Å²) in [5, 5.41) is 0. The number of nitrogens with zero attached hydrogens (tertiary/aromatic N) is 2. The first kappa shape index (κ1) is 20.3. The lowest BCUT2D eigenvalue weighted by molar-refractivity contribution is -0.293. The number of carbonyl (C=O) groups is 2. The maximum atomic E-state index is 11.7. The first-order chi connectivity index (χ1) is 14.5. The van der Waals surface area contributed by atoms with E-state index in [-0.39, 0.29) is 5.92 Å². The van der Waals surface area contributed by atoms with Crippen molar-refractivity contribution in [1.29, 1.82) is 0 Å². The average molecular weight is 410 g/mol. The van der Waals surface area contributed by atoms with E-state index in [1.165, 1.54) is 0 Å². The molecule has 1 spiro atoms. The number of hydrogen-bond acceptors (Lipinski definition) is 7. The highest BCUT2D eigenvalue weighted by molar-refractivity contribution is 6.31. The minimum Gasteiger partial charge on any atom is -0.494 e. The topological polar surface area (TPSA) is 78.0 Å². The van der Waals surface area contributed by atoms with Crippen LogP contribution in [0.15, 0.2) is 48.8 Å². The highest BCUT2D eigenvalue weighted by atomic mass is 16.8. The Hall–Kier alpha value is -2.93. The molecule has 2 aliphatic heterocycles. The molecule has 0 saturated carbocycles. The molecule has 2 aromatic rings. The van der Waals surface area contributed by atoms with E-state index in [1.807, 2.05) is 48.2 Å². The Morgan fingerprint density at radius 2 is 1.67 bits per heavy atom. The third-order valence-corrected chi connectivity index (χ3v) is 5.71. The summed E-state index contributed by atoms with van der Waals surface area (Å²) in [4.78, 5) is 29.4. The minimum atomic E-state index is -1.27. The fraction of sp³-hybridized carbons (Fsp3) is 0.435. The average Bonchev–Trinajstić information content (AvgIpc) is 3.05. The first-order valence-electron chi connectivity index (χ1n) is 10.3. The number of likely N-dealkylation sites (tertiary alicyclic amines) is 1. The fourth-order valence-electron chi connectivity index (χ4n) is 4.32. The summed E-state index contributed by atoms with van der Waals surface area (Å²) >= 11 is 0. The van der Waals surface area contributed by atoms with Crippen LogP contribution in [-0.2, 0) is 19.1 Å². The molecule has 7 heteroatoms. The molecule has 0 N–H and O–H groups in total. The molecule has 1 aromatic carbocycles. The van der Waals surface area contributed by atoms with Crippen LogP contribution < -0.4 is 4.74 Å². The van der Waals surface area contributed by atoms with Gasteiger partial charge >= 0.3 is 17.8 Å². The van der Waals surface area contributed by atoms with E-state index in [0.29, 0.717) is 32.0 Å². The van der Waals surface area contributed by atoms with Crippen LogP contribution >= 0.6 is 0 Å². The van der Waals surface area contributed by atoms with Crippen molar-refractivity contribution in [3.63, 3.8) is 0 Å². The summed E-state index contributed by atoms with van der Waals surface area (Å²) in [6.45, 7) is 5.91. The van der Waals surface area contributed by atoms with Gasteiger partial charge in [0.25, 0.3) is 0 Å². The quantitative estimate of drug-likeness (QED) is 0.411. The molecule has 4 rings (SSSR count). The maximum Gasteiger partial charge on any atom is 0.421 e. The van der Waals surface area contributed by atoms with Crippen molar-refractivity contribution in [1.82, 2.24) is 9.88 Å². The molecular formula is C23H26N2O5. The first-order valence-corrected chi connectivity index (χ1v) is 10.3. The number of aromatic nitrogens is 1. The molecule has 2 aliphatic rings. The largest absolute Gasteiger partial charge is 0.494 e. The second kappa shape index (κ2) is 8.44. The standard InChI is InChI=1S/C23H26N2O5/c1-16-14-17(2)23(29-21(26)22(27)30-23)25(15-16)12-3-13-28-20-6-4-18(5-7-20)19-8-10-24-11-9-19/h4-11,16-17H,3,12-15H2,1-2H3. The molecule has 0 aliphatic carbocycles. The van der Waals surface area contributed by atoms with Gasteiger partial charge in [-0.2, -0.15) is 0 Å². The van der Waals surface area contributed by atoms with Gasteiger partial charge in [0.15, 0.2) is 0 Å². The summed E-state index contributed by atoms with van der Waals surface area (Å²) in [7, 11) is 0. The van der Waals surface area contributed by atoms with E-state index in [0.717, 1.165) is 23.3 Å². The van der Waals surface area contributed by atoms with Gasteiger partial charge < -0.3 is 14.2 Å². The van der Waals surface area contributed by atoms with Crippen molar-refractivity contribution >= 4 is 11.9 Å². The molecular weight excluding hydrogens is 384 g/mol. The summed E-state index contributed by atoms with van der Waals surface area (Å²) in [6, 6.07) is 11.9. The van der Waals surface area contributed by atoms with E-state index in [4.69, 9.17) is 14.2 Å². The molecule has 2 fully saturated rings. The fourth-order valence-corrected chi connectivity index (χ4v) is 4.32. The molecule has 30 heavy (non-hydrogen) atoms. The molecule has 2 unspecified atom stereocenters. The lowest BCUT2D eigenvalue weighted by atomic mass is 9.88. The second-order valence-corrected chi connectivity index (χ2v) is 8.06. The Labute approximate surface area is 175 Å². The normalized spacial score (nSPS) is 23.3. The SMILES string of the molecule is CC1CC(C)C2(OC(=O)C(=O)O2)N(CCCOc2ccc(-c3ccncc3)cc2)C1. The second-order valence-electron chi connectivity index (χ2n) is 8.06. The van der Waals surface area contributed by atoms with Crippen LogP contribution in [0.25, 0.3) is 11.1 Å². The number of rotatable bonds is 6. The number of benzene rings is 1. The van der Waals surface area contributed by atoms with Gasteiger partial charge in [0.1, 0.15) is 5.75 Å². The van der Waals surface area contributed by atoms with Crippen molar-refractivity contribution < 1.29 is 23.8 Å². The predicted molar refractivity (Wildman–Crippen MR) is 109 cm³/mol. The van der Waals surface area contributed by atoms with Crippen LogP contribution in [0.5, 0.6) is 5.75 Å². The van der Waals surface area contributed by atoms with Crippen LogP contribution in [-0.4, -0.2) is 47.4 Å². The summed E-state index contributed by atoms with van der Waals surface area (Å²) in [5.74, 6) is -1.96. The van der Waals surface area contributed by atoms with E-state index in [2.05, 4.69) is 11.9 Å². The summed E-state index contributed by atoms with van der Waals surface area (Å²) in [6.07, 6.45) is 5.08. The lowest BCUT2D eigenvalue weighted by Gasteiger charge is -2.46. The number of hydrogen-bond donors (Lipinski definition) is 0. The number of piperidine rings is 1. The zero-order valence-corrected chi connectivity index (χ0v) is 17.2. The van der Waals surface area contributed by atoms with E-state index < -0.39 is 17.8 Å². The Balaban J connectivity index is 1.33. The summed E-state index contributed by atoms with van der Waals surface area (Å²) in [5.41, 5.74) is 2.21. The van der Waals surface area contributed by atoms with Crippen molar-refractivity contribution in [3.05, 3.63) is 48.8 Å². The maximum absolute atomic E-state index is 11.7. The smallest absolute Gasteiger partial charge is 0.421 e. The zero-order valence-electron chi connectivity index (χ0n) is 17.2. The van der Waals surface area contributed by atoms with Gasteiger partial charge in [-0.15, -0.1) is 0 Å². The number of esters is 2. The molecule has 7 nitrogen and oxygen atoms in total. The van der Waals surface area contributed by atoms with Crippen molar-refractivity contribution in [2.75, 3.05) is 19.7 Å². The Morgan fingerprint density at radius 3 is 2.33 bits per heavy atom. The monoisotopic (exact) mass is 410 g/mol. The molecule has 0 bridgehead atoms. The van der Waals surface area contributed by atoms with Crippen LogP contribution in [0.1, 0.15) is 26.7 Å². The molecule has 158 valence electrons. The van der Waals surface area contributed by atoms with E-state index >= 15 is 0 Å². The zero-order chi connectivity index (χ0) is 21.1. The Bertz CT molecular complexity index is 884. The Morgan fingerprint density at radius 1 is 1.03 bits per heavy atom. The van der Waals surface area contributed by atoms with Crippen LogP contribution in [0.2, 0.25) is 0 Å². The van der Waals surface area contributed by atoms with Gasteiger partial charge in [0.05, 0.1) is 12.5 Å². The summed E-state index contributed by atoms with van der Waals surface area (Å²) < 4.78 is 16.7. The molecule has 3 heterocycles.